The summed E-state index contributed by atoms with van der Waals surface area (Å²) in [5.74, 6) is 0. The van der Waals surface area contributed by atoms with Crippen LogP contribution >= 0.6 is 11.3 Å². The van der Waals surface area contributed by atoms with Crippen LogP contribution in [0, 0.1) is 6.92 Å². The molecule has 0 amide bonds. The van der Waals surface area contributed by atoms with Gasteiger partial charge in [0.25, 0.3) is 0 Å². The van der Waals surface area contributed by atoms with Crippen molar-refractivity contribution in [1.82, 2.24) is 0 Å². The first-order valence-electron chi connectivity index (χ1n) is 3.45. The lowest BCUT2D eigenvalue weighted by Gasteiger charge is -1.95. The predicted molar refractivity (Wildman–Crippen MR) is 51.5 cm³/mol. The number of thiophene rings is 1. The van der Waals surface area contributed by atoms with Crippen molar-refractivity contribution in [3.8, 4) is 0 Å². The Morgan fingerprint density at radius 3 is 2.91 bits per heavy atom. The Bertz CT molecular complexity index is 284. The molecule has 1 aromatic rings. The fourth-order valence-electron chi connectivity index (χ4n) is 0.967. The molecule has 0 atom stereocenters. The lowest BCUT2D eigenvalue weighted by Crippen LogP contribution is -1.92. The summed E-state index contributed by atoms with van der Waals surface area (Å²) < 4.78 is 0. The molecule has 1 aromatic heterocycles. The third-order valence-corrected chi connectivity index (χ3v) is 2.38. The summed E-state index contributed by atoms with van der Waals surface area (Å²) in [6, 6.07) is 2.09. The fourth-order valence-corrected chi connectivity index (χ4v) is 1.72. The van der Waals surface area contributed by atoms with E-state index in [0.29, 0.717) is 0 Å². The highest BCUT2D eigenvalue weighted by molar-refractivity contribution is 7.10. The predicted octanol–water partition coefficient (Wildman–Crippen LogP) is 3.01. The Morgan fingerprint density at radius 1 is 1.73 bits per heavy atom. The van der Waals surface area contributed by atoms with Crippen LogP contribution in [0.2, 0.25) is 0 Å². The van der Waals surface area contributed by atoms with Gasteiger partial charge in [0.05, 0.1) is 0 Å². The zero-order valence-electron chi connectivity index (χ0n) is 6.79. The molecule has 0 radical (unpaired) electrons. The quantitative estimate of drug-likeness (QED) is 0.597. The number of hydrogen-bond acceptors (Lipinski definition) is 2. The average Bonchev–Trinajstić information content (AvgIpc) is 2.36. The van der Waals surface area contributed by atoms with Crippen molar-refractivity contribution in [3.05, 3.63) is 34.7 Å². The molecule has 1 rings (SSSR count). The van der Waals surface area contributed by atoms with Crippen LogP contribution in [0.5, 0.6) is 0 Å². The van der Waals surface area contributed by atoms with Crippen molar-refractivity contribution in [2.24, 2.45) is 4.99 Å². The van der Waals surface area contributed by atoms with E-state index in [1.54, 1.807) is 17.5 Å². The summed E-state index contributed by atoms with van der Waals surface area (Å²) in [6.07, 6.45) is 1.58. The highest BCUT2D eigenvalue weighted by Crippen LogP contribution is 2.15. The minimum atomic E-state index is 1.04. The van der Waals surface area contributed by atoms with Gasteiger partial charge in [-0.05, 0) is 25.3 Å². The van der Waals surface area contributed by atoms with E-state index in [-0.39, 0.29) is 0 Å². The van der Waals surface area contributed by atoms with Gasteiger partial charge in [-0.2, -0.15) is 0 Å². The van der Waals surface area contributed by atoms with E-state index in [0.717, 1.165) is 5.71 Å². The van der Waals surface area contributed by atoms with Crippen LogP contribution in [-0.2, 0) is 0 Å². The van der Waals surface area contributed by atoms with Crippen LogP contribution in [0.3, 0.4) is 0 Å². The maximum atomic E-state index is 4.12. The number of aliphatic imine (C=N–C) groups is 1. The molecule has 0 N–H and O–H groups in total. The molecule has 2 heteroatoms. The Hall–Kier alpha value is -0.890. The lowest BCUT2D eigenvalue weighted by atomic mass is 10.2. The molecule has 0 aliphatic heterocycles. The average molecular weight is 165 g/mol. The molecular weight excluding hydrogens is 154 g/mol. The van der Waals surface area contributed by atoms with Gasteiger partial charge in [0, 0.05) is 22.4 Å². The summed E-state index contributed by atoms with van der Waals surface area (Å²) in [6.45, 7) is 7.65. The molecule has 1 nitrogen and oxygen atoms in total. The van der Waals surface area contributed by atoms with Gasteiger partial charge in [0.2, 0.25) is 0 Å². The SMILES string of the molecule is C=C/N=C(/C)c1ccsc1C. The van der Waals surface area contributed by atoms with Crippen molar-refractivity contribution in [2.45, 2.75) is 13.8 Å². The molecule has 58 valence electrons. The smallest absolute Gasteiger partial charge is 0.0455 e. The maximum Gasteiger partial charge on any atom is 0.0455 e. The standard InChI is InChI=1S/C9H11NS/c1-4-10-7(2)9-5-6-11-8(9)3/h4-6H,1H2,2-3H3/b10-7-. The molecule has 0 aromatic carbocycles. The molecular formula is C9H11NS. The molecule has 0 saturated carbocycles. The Morgan fingerprint density at radius 2 is 2.45 bits per heavy atom. The van der Waals surface area contributed by atoms with Crippen LogP contribution < -0.4 is 0 Å². The third kappa shape index (κ3) is 1.77. The molecule has 0 spiro atoms. The zero-order chi connectivity index (χ0) is 8.27. The number of rotatable bonds is 2. The van der Waals surface area contributed by atoms with E-state index in [1.165, 1.54) is 10.4 Å². The largest absolute Gasteiger partial charge is 0.262 e. The number of aryl methyl sites for hydroxylation is 1. The summed E-state index contributed by atoms with van der Waals surface area (Å²) >= 11 is 1.74. The van der Waals surface area contributed by atoms with Gasteiger partial charge in [-0.3, -0.25) is 4.99 Å². The summed E-state index contributed by atoms with van der Waals surface area (Å²) in [5, 5.41) is 2.08. The maximum absolute atomic E-state index is 4.12. The monoisotopic (exact) mass is 165 g/mol. The fraction of sp³-hybridized carbons (Fsp3) is 0.222. The van der Waals surface area contributed by atoms with E-state index < -0.39 is 0 Å². The minimum absolute atomic E-state index is 1.04. The van der Waals surface area contributed by atoms with E-state index >= 15 is 0 Å². The van der Waals surface area contributed by atoms with Crippen LogP contribution in [0.15, 0.2) is 29.2 Å². The van der Waals surface area contributed by atoms with Gasteiger partial charge in [0.1, 0.15) is 0 Å². The first-order valence-corrected chi connectivity index (χ1v) is 4.33. The summed E-state index contributed by atoms with van der Waals surface area (Å²) in [4.78, 5) is 5.43. The highest BCUT2D eigenvalue weighted by atomic mass is 32.1. The van der Waals surface area contributed by atoms with Crippen molar-refractivity contribution in [3.63, 3.8) is 0 Å². The molecule has 0 aliphatic rings. The van der Waals surface area contributed by atoms with Gasteiger partial charge < -0.3 is 0 Å². The van der Waals surface area contributed by atoms with Gasteiger partial charge in [-0.25, -0.2) is 0 Å². The first-order chi connectivity index (χ1) is 5.25. The second-order valence-electron chi connectivity index (χ2n) is 2.29. The molecule has 0 saturated heterocycles. The normalized spacial score (nSPS) is 11.6. The topological polar surface area (TPSA) is 12.4 Å². The minimum Gasteiger partial charge on any atom is -0.262 e. The molecule has 0 fully saturated rings. The first kappa shape index (κ1) is 8.21. The Balaban J connectivity index is 3.01. The molecule has 0 bridgehead atoms. The van der Waals surface area contributed by atoms with Crippen molar-refractivity contribution < 1.29 is 0 Å². The molecule has 1 heterocycles. The molecule has 0 unspecified atom stereocenters. The van der Waals surface area contributed by atoms with Crippen LogP contribution in [-0.4, -0.2) is 5.71 Å². The van der Waals surface area contributed by atoms with Crippen molar-refractivity contribution >= 4 is 17.0 Å². The third-order valence-electron chi connectivity index (χ3n) is 1.53. The lowest BCUT2D eigenvalue weighted by molar-refractivity contribution is 1.49. The number of hydrogen-bond donors (Lipinski definition) is 0. The Kier molecular flexibility index (Phi) is 2.60. The van der Waals surface area contributed by atoms with E-state index in [4.69, 9.17) is 0 Å². The van der Waals surface area contributed by atoms with E-state index in [2.05, 4.69) is 29.9 Å². The summed E-state index contributed by atoms with van der Waals surface area (Å²) in [7, 11) is 0. The second-order valence-corrected chi connectivity index (χ2v) is 3.41. The molecule has 0 aliphatic carbocycles. The van der Waals surface area contributed by atoms with Crippen molar-refractivity contribution in [2.75, 3.05) is 0 Å². The second kappa shape index (κ2) is 3.49. The van der Waals surface area contributed by atoms with Gasteiger partial charge >= 0.3 is 0 Å². The van der Waals surface area contributed by atoms with Crippen molar-refractivity contribution in [1.29, 1.82) is 0 Å². The van der Waals surface area contributed by atoms with E-state index in [1.807, 2.05) is 6.92 Å². The number of nitrogens with zero attached hydrogens (tertiary/aromatic N) is 1. The van der Waals surface area contributed by atoms with Crippen LogP contribution in [0.4, 0.5) is 0 Å². The van der Waals surface area contributed by atoms with Crippen LogP contribution in [0.1, 0.15) is 17.4 Å². The highest BCUT2D eigenvalue weighted by Gasteiger charge is 2.00. The van der Waals surface area contributed by atoms with Gasteiger partial charge in [0.15, 0.2) is 0 Å². The summed E-state index contributed by atoms with van der Waals surface area (Å²) in [5.41, 5.74) is 2.27. The van der Waals surface area contributed by atoms with Crippen LogP contribution in [0.25, 0.3) is 0 Å². The van der Waals surface area contributed by atoms with E-state index in [9.17, 15) is 0 Å². The molecule has 11 heavy (non-hydrogen) atoms. The zero-order valence-corrected chi connectivity index (χ0v) is 7.61. The van der Waals surface area contributed by atoms with Gasteiger partial charge in [-0.15, -0.1) is 11.3 Å². The Labute approximate surface area is 71.1 Å². The van der Waals surface area contributed by atoms with Gasteiger partial charge in [-0.1, -0.05) is 6.58 Å².